The number of aromatic amines is 1. The maximum atomic E-state index is 13.7. The van der Waals surface area contributed by atoms with Crippen molar-refractivity contribution < 1.29 is 33.0 Å². The van der Waals surface area contributed by atoms with E-state index in [9.17, 15) is 23.6 Å². The van der Waals surface area contributed by atoms with Crippen LogP contribution in [0.5, 0.6) is 11.5 Å². The number of anilines is 1. The third-order valence-corrected chi connectivity index (χ3v) is 8.51. The average Bonchev–Trinajstić information content (AvgIpc) is 3.38. The third kappa shape index (κ3) is 4.51. The highest BCUT2D eigenvalue weighted by atomic mass is 32.2. The second-order valence-electron chi connectivity index (χ2n) is 8.24. The third-order valence-electron chi connectivity index (χ3n) is 6.11. The summed E-state index contributed by atoms with van der Waals surface area (Å²) < 4.78 is 29.4. The highest BCUT2D eigenvalue weighted by Crippen LogP contribution is 2.53. The summed E-state index contributed by atoms with van der Waals surface area (Å²) in [6.07, 6.45) is 0. The van der Waals surface area contributed by atoms with Gasteiger partial charge in [0.2, 0.25) is 11.8 Å². The number of amides is 2. The number of rotatable bonds is 7. The van der Waals surface area contributed by atoms with Crippen LogP contribution >= 0.6 is 23.1 Å². The molecule has 3 atom stereocenters. The van der Waals surface area contributed by atoms with Crippen molar-refractivity contribution in [1.29, 1.82) is 0 Å². The van der Waals surface area contributed by atoms with Crippen LogP contribution in [0.2, 0.25) is 0 Å². The molecule has 3 unspecified atom stereocenters. The van der Waals surface area contributed by atoms with Crippen molar-refractivity contribution in [2.24, 2.45) is 5.92 Å². The number of esters is 1. The number of aromatic nitrogens is 1. The van der Waals surface area contributed by atoms with Crippen LogP contribution in [0.1, 0.15) is 23.3 Å². The lowest BCUT2D eigenvalue weighted by Crippen LogP contribution is -2.32. The van der Waals surface area contributed by atoms with Crippen LogP contribution in [0.4, 0.5) is 10.1 Å². The Bertz CT molecular complexity index is 1440. The van der Waals surface area contributed by atoms with Gasteiger partial charge in [-0.25, -0.2) is 14.1 Å². The molecule has 0 spiro atoms. The number of thiazole rings is 1. The lowest BCUT2D eigenvalue weighted by molar-refractivity contribution is -0.145. The number of ether oxygens (including phenoxy) is 3. The zero-order chi connectivity index (χ0) is 26.3. The molecule has 2 aromatic carbocycles. The van der Waals surface area contributed by atoms with Gasteiger partial charge in [0.1, 0.15) is 11.1 Å². The number of methoxy groups -OCH3 is 1. The van der Waals surface area contributed by atoms with Crippen molar-refractivity contribution in [2.45, 2.75) is 23.1 Å². The number of carbonyl (C=O) groups excluding carboxylic acids is 3. The second-order valence-corrected chi connectivity index (χ2v) is 10.4. The molecule has 3 heterocycles. The summed E-state index contributed by atoms with van der Waals surface area (Å²) in [7, 11) is 1.44. The van der Waals surface area contributed by atoms with E-state index < -0.39 is 40.7 Å². The Balaban J connectivity index is 1.54. The van der Waals surface area contributed by atoms with Gasteiger partial charge in [0.25, 0.3) is 0 Å². The maximum Gasteiger partial charge on any atom is 0.344 e. The molecule has 37 heavy (non-hydrogen) atoms. The summed E-state index contributed by atoms with van der Waals surface area (Å²) in [5.41, 5.74) is 0.913. The molecule has 1 N–H and O–H groups in total. The monoisotopic (exact) mass is 544 g/mol. The van der Waals surface area contributed by atoms with Gasteiger partial charge in [0.05, 0.1) is 30.3 Å². The minimum absolute atomic E-state index is 0.226. The van der Waals surface area contributed by atoms with Gasteiger partial charge in [0, 0.05) is 10.8 Å². The van der Waals surface area contributed by atoms with Gasteiger partial charge in [-0.2, -0.15) is 0 Å². The van der Waals surface area contributed by atoms with Crippen molar-refractivity contribution in [3.05, 3.63) is 68.4 Å². The molecule has 9 nitrogen and oxygen atoms in total. The summed E-state index contributed by atoms with van der Waals surface area (Å²) in [5.74, 6) is -2.71. The van der Waals surface area contributed by atoms with E-state index in [1.54, 1.807) is 25.1 Å². The van der Waals surface area contributed by atoms with Crippen LogP contribution in [-0.4, -0.2) is 48.3 Å². The van der Waals surface area contributed by atoms with E-state index in [-0.39, 0.29) is 23.8 Å². The molecule has 0 bridgehead atoms. The molecule has 2 aliphatic rings. The van der Waals surface area contributed by atoms with E-state index in [2.05, 4.69) is 4.98 Å². The maximum absolute atomic E-state index is 13.7. The molecule has 1 saturated heterocycles. The van der Waals surface area contributed by atoms with Gasteiger partial charge in [-0.15, -0.1) is 0 Å². The number of imide groups is 1. The molecular weight excluding hydrogens is 523 g/mol. The summed E-state index contributed by atoms with van der Waals surface area (Å²) >= 11 is 2.14. The fourth-order valence-electron chi connectivity index (χ4n) is 4.56. The van der Waals surface area contributed by atoms with Crippen LogP contribution in [-0.2, 0) is 19.1 Å². The molecule has 0 radical (unpaired) electrons. The zero-order valence-electron chi connectivity index (χ0n) is 19.7. The van der Waals surface area contributed by atoms with Gasteiger partial charge in [-0.1, -0.05) is 29.2 Å². The standard InChI is InChI=1S/C25H21FN2O7S2/c1-3-34-17(29)11-35-15-9-4-12(10-16(15)33-2)18-19-21(36-22-20(18)37-25(32)27-22)24(31)28(23(19)30)14-7-5-13(26)6-8-14/h4-10,18-19,21H,3,11H2,1-2H3,(H,27,32). The predicted octanol–water partition coefficient (Wildman–Crippen LogP) is 3.32. The van der Waals surface area contributed by atoms with Crippen LogP contribution in [0.25, 0.3) is 0 Å². The van der Waals surface area contributed by atoms with Crippen LogP contribution < -0.4 is 19.2 Å². The largest absolute Gasteiger partial charge is 0.493 e. The average molecular weight is 545 g/mol. The first-order valence-corrected chi connectivity index (χ1v) is 13.0. The second kappa shape index (κ2) is 10.0. The van der Waals surface area contributed by atoms with Crippen molar-refractivity contribution in [3.8, 4) is 11.5 Å². The minimum atomic E-state index is -0.808. The van der Waals surface area contributed by atoms with Crippen molar-refractivity contribution in [1.82, 2.24) is 4.98 Å². The van der Waals surface area contributed by atoms with E-state index >= 15 is 0 Å². The van der Waals surface area contributed by atoms with Gasteiger partial charge in [-0.3, -0.25) is 14.4 Å². The van der Waals surface area contributed by atoms with Crippen LogP contribution in [0, 0.1) is 11.7 Å². The summed E-state index contributed by atoms with van der Waals surface area (Å²) in [6, 6.07) is 10.2. The molecular formula is C25H21FN2O7S2. The first-order valence-electron chi connectivity index (χ1n) is 11.3. The molecule has 0 aliphatic carbocycles. The van der Waals surface area contributed by atoms with E-state index in [1.165, 1.54) is 31.4 Å². The van der Waals surface area contributed by atoms with Crippen LogP contribution in [0.15, 0.2) is 52.3 Å². The Hall–Kier alpha value is -3.64. The predicted molar refractivity (Wildman–Crippen MR) is 134 cm³/mol. The molecule has 0 saturated carbocycles. The quantitative estimate of drug-likeness (QED) is 0.356. The highest BCUT2D eigenvalue weighted by molar-refractivity contribution is 8.00. The number of nitrogens with zero attached hydrogens (tertiary/aromatic N) is 1. The molecule has 12 heteroatoms. The molecule has 192 valence electrons. The summed E-state index contributed by atoms with van der Waals surface area (Å²) in [5, 5.41) is -0.254. The van der Waals surface area contributed by atoms with Gasteiger partial charge in [-0.05, 0) is 48.9 Å². The Morgan fingerprint density at radius 3 is 2.54 bits per heavy atom. The lowest BCUT2D eigenvalue weighted by atomic mass is 9.83. The number of halogens is 1. The first-order chi connectivity index (χ1) is 17.8. The minimum Gasteiger partial charge on any atom is -0.493 e. The number of hydrogen-bond donors (Lipinski definition) is 1. The van der Waals surface area contributed by atoms with E-state index in [1.807, 2.05) is 0 Å². The molecule has 1 aromatic heterocycles. The number of fused-ring (bicyclic) bond motifs is 2. The van der Waals surface area contributed by atoms with Crippen molar-refractivity contribution in [3.63, 3.8) is 0 Å². The Labute approximate surface area is 218 Å². The molecule has 5 rings (SSSR count). The van der Waals surface area contributed by atoms with Crippen LogP contribution in [0.3, 0.4) is 0 Å². The number of nitrogens with one attached hydrogen (secondary N) is 1. The highest BCUT2D eigenvalue weighted by Gasteiger charge is 2.56. The normalized spacial score (nSPS) is 20.4. The van der Waals surface area contributed by atoms with E-state index in [0.717, 1.165) is 28.0 Å². The topological polar surface area (TPSA) is 115 Å². The number of benzene rings is 2. The number of hydrogen-bond acceptors (Lipinski definition) is 9. The fraction of sp³-hybridized carbons (Fsp3) is 0.280. The van der Waals surface area contributed by atoms with Crippen molar-refractivity contribution in [2.75, 3.05) is 25.2 Å². The van der Waals surface area contributed by atoms with Crippen molar-refractivity contribution >= 4 is 46.6 Å². The first kappa shape index (κ1) is 25.0. The summed E-state index contributed by atoms with van der Waals surface area (Å²) in [6.45, 7) is 1.61. The number of H-pyrrole nitrogens is 1. The number of carbonyl (C=O) groups is 3. The Morgan fingerprint density at radius 1 is 1.08 bits per heavy atom. The smallest absolute Gasteiger partial charge is 0.344 e. The Morgan fingerprint density at radius 2 is 1.84 bits per heavy atom. The molecule has 1 fully saturated rings. The zero-order valence-corrected chi connectivity index (χ0v) is 21.3. The summed E-state index contributed by atoms with van der Waals surface area (Å²) in [4.78, 5) is 55.3. The lowest BCUT2D eigenvalue weighted by Gasteiger charge is -2.30. The Kier molecular flexibility index (Phi) is 6.78. The van der Waals surface area contributed by atoms with Gasteiger partial charge < -0.3 is 19.2 Å². The molecule has 2 aliphatic heterocycles. The SMILES string of the molecule is CCOC(=O)COc1ccc(C2c3sc(=O)[nH]c3SC3C(=O)N(c4ccc(F)cc4)C(=O)C32)cc1OC. The fourth-order valence-corrected chi connectivity index (χ4v) is 7.07. The van der Waals surface area contributed by atoms with E-state index in [4.69, 9.17) is 14.2 Å². The molecule has 3 aromatic rings. The number of thioether (sulfide) groups is 1. The van der Waals surface area contributed by atoms with E-state index in [0.29, 0.717) is 27.0 Å². The van der Waals surface area contributed by atoms with Gasteiger partial charge in [0.15, 0.2) is 18.1 Å². The van der Waals surface area contributed by atoms with Gasteiger partial charge >= 0.3 is 10.8 Å². The molecule has 2 amide bonds.